The molecule has 3 aromatic rings. The zero-order valence-electron chi connectivity index (χ0n) is 14.0. The van der Waals surface area contributed by atoms with Gasteiger partial charge in [0.1, 0.15) is 12.4 Å². The first kappa shape index (κ1) is 16.8. The summed E-state index contributed by atoms with van der Waals surface area (Å²) in [6.45, 7) is 0.321. The van der Waals surface area contributed by atoms with Crippen LogP contribution in [0.25, 0.3) is 11.0 Å². The van der Waals surface area contributed by atoms with Crippen molar-refractivity contribution >= 4 is 34.5 Å². The summed E-state index contributed by atoms with van der Waals surface area (Å²) in [5.74, 6) is 0.291. The van der Waals surface area contributed by atoms with E-state index in [9.17, 15) is 4.39 Å². The fraction of sp³-hybridized carbons (Fsp3) is 0.158. The number of hydrogen-bond acceptors (Lipinski definition) is 4. The fourth-order valence-corrected chi connectivity index (χ4v) is 3.16. The van der Waals surface area contributed by atoms with Crippen LogP contribution in [0.3, 0.4) is 0 Å². The Kier molecular flexibility index (Phi) is 4.44. The summed E-state index contributed by atoms with van der Waals surface area (Å²) in [7, 11) is 1.62. The molecule has 0 bridgehead atoms. The maximum absolute atomic E-state index is 14.0. The summed E-state index contributed by atoms with van der Waals surface area (Å²) < 4.78 is 21.2. The molecule has 5 nitrogen and oxygen atoms in total. The number of fused-ring (bicyclic) bond motifs is 1. The number of para-hydroxylation sites is 2. The van der Waals surface area contributed by atoms with Gasteiger partial charge in [-0.25, -0.2) is 14.4 Å². The van der Waals surface area contributed by atoms with Crippen LogP contribution >= 0.6 is 11.6 Å². The predicted octanol–water partition coefficient (Wildman–Crippen LogP) is 4.69. The van der Waals surface area contributed by atoms with Crippen LogP contribution in [0.15, 0.2) is 65.6 Å². The third-order valence-corrected chi connectivity index (χ3v) is 4.39. The summed E-state index contributed by atoms with van der Waals surface area (Å²) in [5, 5.41) is 0.614. The number of imidazole rings is 1. The molecular weight excluding hydrogens is 355 g/mol. The number of rotatable bonds is 4. The van der Waals surface area contributed by atoms with Gasteiger partial charge < -0.3 is 9.64 Å². The minimum atomic E-state index is -0.520. The van der Waals surface area contributed by atoms with Gasteiger partial charge in [-0.1, -0.05) is 23.7 Å². The Morgan fingerprint density at radius 3 is 2.69 bits per heavy atom. The van der Waals surface area contributed by atoms with E-state index in [1.165, 1.54) is 12.4 Å². The second-order valence-corrected chi connectivity index (χ2v) is 6.28. The lowest BCUT2D eigenvalue weighted by atomic mass is 10.2. The molecule has 0 fully saturated rings. The molecule has 1 aliphatic heterocycles. The molecule has 1 aliphatic rings. The number of methoxy groups -OCH3 is 1. The van der Waals surface area contributed by atoms with E-state index in [0.29, 0.717) is 17.5 Å². The van der Waals surface area contributed by atoms with Crippen molar-refractivity contribution in [1.29, 1.82) is 0 Å². The van der Waals surface area contributed by atoms with E-state index in [0.717, 1.165) is 16.7 Å². The fourth-order valence-electron chi connectivity index (χ4n) is 3.04. The standard InChI is InChI=1S/C19H16ClFN4O/c1-26-12-18-23-16-4-2-3-5-17(16)25(18)19-22-10-14(21)11-24(19)15-8-6-13(20)7-9-15/h2-11,19H,12H2,1H3. The maximum atomic E-state index is 14.0. The highest BCUT2D eigenvalue weighted by Crippen LogP contribution is 2.32. The monoisotopic (exact) mass is 370 g/mol. The Hall–Kier alpha value is -2.70. The zero-order chi connectivity index (χ0) is 18.1. The van der Waals surface area contributed by atoms with Crippen LogP contribution in [0.5, 0.6) is 0 Å². The summed E-state index contributed by atoms with van der Waals surface area (Å²) in [6.07, 6.45) is 2.13. The van der Waals surface area contributed by atoms with Gasteiger partial charge in [0.15, 0.2) is 5.83 Å². The Labute approximate surface area is 155 Å². The highest BCUT2D eigenvalue weighted by molar-refractivity contribution is 6.30. The van der Waals surface area contributed by atoms with Crippen molar-refractivity contribution in [2.24, 2.45) is 4.99 Å². The topological polar surface area (TPSA) is 42.6 Å². The second kappa shape index (κ2) is 6.90. The molecule has 1 unspecified atom stereocenters. The van der Waals surface area contributed by atoms with Gasteiger partial charge in [-0.15, -0.1) is 0 Å². The van der Waals surface area contributed by atoms with E-state index in [1.807, 2.05) is 41.0 Å². The van der Waals surface area contributed by atoms with Gasteiger partial charge in [0.2, 0.25) is 6.29 Å². The summed E-state index contributed by atoms with van der Waals surface area (Å²) in [6, 6.07) is 14.9. The van der Waals surface area contributed by atoms with Gasteiger partial charge in [0, 0.05) is 24.0 Å². The highest BCUT2D eigenvalue weighted by Gasteiger charge is 2.26. The van der Waals surface area contributed by atoms with Gasteiger partial charge >= 0.3 is 0 Å². The van der Waals surface area contributed by atoms with E-state index < -0.39 is 12.1 Å². The number of benzene rings is 2. The average molecular weight is 371 g/mol. The Morgan fingerprint density at radius 2 is 1.92 bits per heavy atom. The molecule has 0 spiro atoms. The molecule has 7 heteroatoms. The van der Waals surface area contributed by atoms with Crippen LogP contribution in [0, 0.1) is 0 Å². The van der Waals surface area contributed by atoms with Gasteiger partial charge in [-0.05, 0) is 36.4 Å². The highest BCUT2D eigenvalue weighted by atomic mass is 35.5. The molecule has 0 amide bonds. The van der Waals surface area contributed by atoms with Gasteiger partial charge in [0.25, 0.3) is 0 Å². The minimum Gasteiger partial charge on any atom is -0.377 e. The summed E-state index contributed by atoms with van der Waals surface area (Å²) in [4.78, 5) is 10.8. The van der Waals surface area contributed by atoms with E-state index in [2.05, 4.69) is 9.98 Å². The van der Waals surface area contributed by atoms with Crippen LogP contribution in [-0.4, -0.2) is 22.9 Å². The van der Waals surface area contributed by atoms with Crippen molar-refractivity contribution in [3.63, 3.8) is 0 Å². The van der Waals surface area contributed by atoms with Gasteiger partial charge in [-0.2, -0.15) is 0 Å². The first-order chi connectivity index (χ1) is 12.7. The maximum Gasteiger partial charge on any atom is 0.208 e. The molecule has 2 aromatic carbocycles. The van der Waals surface area contributed by atoms with Crippen LogP contribution < -0.4 is 4.90 Å². The largest absolute Gasteiger partial charge is 0.377 e. The zero-order valence-corrected chi connectivity index (χ0v) is 14.8. The lowest BCUT2D eigenvalue weighted by molar-refractivity contribution is 0.173. The van der Waals surface area contributed by atoms with Crippen molar-refractivity contribution in [3.05, 3.63) is 71.4 Å². The summed E-state index contributed by atoms with van der Waals surface area (Å²) in [5.41, 5.74) is 2.50. The molecule has 132 valence electrons. The van der Waals surface area contributed by atoms with E-state index >= 15 is 0 Å². The lowest BCUT2D eigenvalue weighted by Gasteiger charge is -2.32. The SMILES string of the molecule is COCc1nc2ccccc2n1C1N=CC(F)=CN1c1ccc(Cl)cc1. The normalized spacial score (nSPS) is 17.0. The first-order valence-electron chi connectivity index (χ1n) is 8.06. The third kappa shape index (κ3) is 2.98. The van der Waals surface area contributed by atoms with Crippen molar-refractivity contribution in [2.75, 3.05) is 12.0 Å². The van der Waals surface area contributed by atoms with Crippen molar-refractivity contribution < 1.29 is 9.13 Å². The van der Waals surface area contributed by atoms with Crippen molar-refractivity contribution in [3.8, 4) is 0 Å². The predicted molar refractivity (Wildman–Crippen MR) is 101 cm³/mol. The quantitative estimate of drug-likeness (QED) is 0.668. The molecule has 0 N–H and O–H groups in total. The molecule has 1 aromatic heterocycles. The number of anilines is 1. The number of ether oxygens (including phenoxy) is 1. The molecular formula is C19H16ClFN4O. The van der Waals surface area contributed by atoms with Crippen LogP contribution in [0.2, 0.25) is 5.02 Å². The molecule has 0 aliphatic carbocycles. The van der Waals surface area contributed by atoms with E-state index in [-0.39, 0.29) is 0 Å². The number of hydrogen-bond donors (Lipinski definition) is 0. The second-order valence-electron chi connectivity index (χ2n) is 5.84. The minimum absolute atomic E-state index is 0.321. The molecule has 1 atom stereocenters. The number of aromatic nitrogens is 2. The van der Waals surface area contributed by atoms with Crippen LogP contribution in [0.4, 0.5) is 10.1 Å². The Bertz CT molecular complexity index is 996. The Balaban J connectivity index is 1.87. The lowest BCUT2D eigenvalue weighted by Crippen LogP contribution is -2.30. The Morgan fingerprint density at radius 1 is 1.15 bits per heavy atom. The van der Waals surface area contributed by atoms with Crippen molar-refractivity contribution in [2.45, 2.75) is 12.9 Å². The molecule has 4 rings (SSSR count). The smallest absolute Gasteiger partial charge is 0.208 e. The third-order valence-electron chi connectivity index (χ3n) is 4.14. The number of halogens is 2. The van der Waals surface area contributed by atoms with Gasteiger partial charge in [-0.3, -0.25) is 4.57 Å². The molecule has 2 heterocycles. The molecule has 0 radical (unpaired) electrons. The van der Waals surface area contributed by atoms with E-state index in [4.69, 9.17) is 16.3 Å². The van der Waals surface area contributed by atoms with Crippen LogP contribution in [0.1, 0.15) is 12.1 Å². The summed E-state index contributed by atoms with van der Waals surface area (Å²) >= 11 is 5.99. The van der Waals surface area contributed by atoms with E-state index in [1.54, 1.807) is 24.1 Å². The molecule has 26 heavy (non-hydrogen) atoms. The number of nitrogens with zero attached hydrogens (tertiary/aromatic N) is 4. The van der Waals surface area contributed by atoms with Crippen LogP contribution in [-0.2, 0) is 11.3 Å². The molecule has 0 saturated heterocycles. The number of aliphatic imine (C=N–C) groups is 1. The van der Waals surface area contributed by atoms with Crippen molar-refractivity contribution in [1.82, 2.24) is 9.55 Å². The molecule has 0 saturated carbocycles. The van der Waals surface area contributed by atoms with Gasteiger partial charge in [0.05, 0.1) is 17.2 Å². The average Bonchev–Trinajstić information content (AvgIpc) is 3.01. The number of allylic oxidation sites excluding steroid dienone is 1. The first-order valence-corrected chi connectivity index (χ1v) is 8.44.